The monoisotopic (exact) mass is 400 g/mol. The molecule has 0 aliphatic heterocycles. The first-order valence-corrected chi connectivity index (χ1v) is 10.8. The average Bonchev–Trinajstić information content (AvgIpc) is 3.63. The molecule has 0 spiro atoms. The molecule has 0 atom stereocenters. The Morgan fingerprint density at radius 1 is 1.18 bits per heavy atom. The number of carbonyl (C=O) groups is 2. The number of anilines is 1. The molecule has 1 N–H and O–H groups in total. The third-order valence-corrected chi connectivity index (χ3v) is 5.66. The van der Waals surface area contributed by atoms with Crippen molar-refractivity contribution in [3.05, 3.63) is 35.7 Å². The minimum Gasteiger partial charge on any atom is -0.462 e. The van der Waals surface area contributed by atoms with E-state index in [2.05, 4.69) is 20.1 Å². The largest absolute Gasteiger partial charge is 0.462 e. The number of amides is 1. The lowest BCUT2D eigenvalue weighted by atomic mass is 10.2. The number of hydrogen-bond donors (Lipinski definition) is 1. The maximum Gasteiger partial charge on any atom is 0.338 e. The molecule has 2 aliphatic rings. The summed E-state index contributed by atoms with van der Waals surface area (Å²) >= 11 is 1.43. The van der Waals surface area contributed by atoms with Crippen molar-refractivity contribution >= 4 is 29.3 Å². The maximum atomic E-state index is 12.3. The highest BCUT2D eigenvalue weighted by molar-refractivity contribution is 7.99. The van der Waals surface area contributed by atoms with Crippen molar-refractivity contribution in [2.24, 2.45) is 0 Å². The second-order valence-corrected chi connectivity index (χ2v) is 8.21. The van der Waals surface area contributed by atoms with E-state index in [0.717, 1.165) is 17.4 Å². The second kappa shape index (κ2) is 8.34. The van der Waals surface area contributed by atoms with E-state index >= 15 is 0 Å². The molecule has 1 heterocycles. The van der Waals surface area contributed by atoms with Gasteiger partial charge in [0.05, 0.1) is 17.9 Å². The van der Waals surface area contributed by atoms with Crippen LogP contribution in [0, 0.1) is 0 Å². The van der Waals surface area contributed by atoms with Crippen LogP contribution in [0.15, 0.2) is 29.4 Å². The van der Waals surface area contributed by atoms with Gasteiger partial charge in [0.15, 0.2) is 5.16 Å². The molecule has 1 aromatic heterocycles. The van der Waals surface area contributed by atoms with Crippen molar-refractivity contribution in [1.29, 1.82) is 0 Å². The lowest BCUT2D eigenvalue weighted by Crippen LogP contribution is -2.15. The van der Waals surface area contributed by atoms with Gasteiger partial charge in [0, 0.05) is 17.6 Å². The maximum absolute atomic E-state index is 12.3. The highest BCUT2D eigenvalue weighted by atomic mass is 32.2. The van der Waals surface area contributed by atoms with E-state index in [4.69, 9.17) is 4.74 Å². The van der Waals surface area contributed by atoms with Crippen LogP contribution in [-0.2, 0) is 9.53 Å². The third-order valence-electron chi connectivity index (χ3n) is 4.72. The fourth-order valence-electron chi connectivity index (χ4n) is 2.98. The normalized spacial score (nSPS) is 16.0. The van der Waals surface area contributed by atoms with Gasteiger partial charge in [0.2, 0.25) is 5.91 Å². The van der Waals surface area contributed by atoms with E-state index in [1.165, 1.54) is 37.4 Å². The molecule has 1 amide bonds. The van der Waals surface area contributed by atoms with Crippen molar-refractivity contribution < 1.29 is 14.3 Å². The van der Waals surface area contributed by atoms with Gasteiger partial charge in [0.25, 0.3) is 0 Å². The minimum atomic E-state index is -0.346. The molecule has 28 heavy (non-hydrogen) atoms. The second-order valence-electron chi connectivity index (χ2n) is 7.27. The molecule has 4 rings (SSSR count). The zero-order valence-corrected chi connectivity index (χ0v) is 16.7. The van der Waals surface area contributed by atoms with Crippen molar-refractivity contribution in [1.82, 2.24) is 14.8 Å². The van der Waals surface area contributed by atoms with Crippen molar-refractivity contribution in [2.45, 2.75) is 56.1 Å². The fourth-order valence-corrected chi connectivity index (χ4v) is 3.79. The molecule has 0 radical (unpaired) electrons. The Morgan fingerprint density at radius 3 is 2.57 bits per heavy atom. The van der Waals surface area contributed by atoms with Crippen LogP contribution in [0.4, 0.5) is 5.69 Å². The summed E-state index contributed by atoms with van der Waals surface area (Å²) in [4.78, 5) is 24.1. The summed E-state index contributed by atoms with van der Waals surface area (Å²) in [6.07, 6.45) is 5.51. The van der Waals surface area contributed by atoms with Gasteiger partial charge in [-0.3, -0.25) is 4.79 Å². The Hall–Kier alpha value is -2.35. The van der Waals surface area contributed by atoms with Crippen molar-refractivity contribution in [2.75, 3.05) is 17.7 Å². The summed E-state index contributed by atoms with van der Waals surface area (Å²) in [5.74, 6) is 1.47. The molecular weight excluding hydrogens is 376 g/mol. The molecule has 2 saturated carbocycles. The summed E-state index contributed by atoms with van der Waals surface area (Å²) in [5, 5.41) is 12.4. The Morgan fingerprint density at radius 2 is 1.93 bits per heavy atom. The first-order valence-electron chi connectivity index (χ1n) is 9.80. The molecule has 1 aromatic carbocycles. The van der Waals surface area contributed by atoms with Gasteiger partial charge in [-0.15, -0.1) is 10.2 Å². The molecule has 2 aliphatic carbocycles. The first-order chi connectivity index (χ1) is 13.7. The van der Waals surface area contributed by atoms with Crippen LogP contribution in [0.25, 0.3) is 0 Å². The van der Waals surface area contributed by atoms with Gasteiger partial charge in [-0.1, -0.05) is 18.7 Å². The number of benzene rings is 1. The first kappa shape index (κ1) is 19.0. The van der Waals surface area contributed by atoms with E-state index in [1.807, 2.05) is 6.92 Å². The highest BCUT2D eigenvalue weighted by Crippen LogP contribution is 2.45. The number of thioether (sulfide) groups is 1. The number of rotatable bonds is 9. The summed E-state index contributed by atoms with van der Waals surface area (Å²) in [6.45, 7) is 2.35. The van der Waals surface area contributed by atoms with Crippen LogP contribution in [0.2, 0.25) is 0 Å². The lowest BCUT2D eigenvalue weighted by molar-refractivity contribution is -0.113. The van der Waals surface area contributed by atoms with Crippen molar-refractivity contribution in [3.63, 3.8) is 0 Å². The number of nitrogens with zero attached hydrogens (tertiary/aromatic N) is 3. The van der Waals surface area contributed by atoms with Crippen LogP contribution in [0.5, 0.6) is 0 Å². The molecular formula is C20H24N4O3S. The van der Waals surface area contributed by atoms with Gasteiger partial charge in [-0.2, -0.15) is 0 Å². The predicted octanol–water partition coefficient (Wildman–Crippen LogP) is 3.79. The number of ether oxygens (including phenoxy) is 1. The molecule has 148 valence electrons. The van der Waals surface area contributed by atoms with Crippen LogP contribution in [0.3, 0.4) is 0 Å². The predicted molar refractivity (Wildman–Crippen MR) is 107 cm³/mol. The van der Waals surface area contributed by atoms with Crippen LogP contribution < -0.4 is 5.32 Å². The average molecular weight is 401 g/mol. The standard InChI is InChI=1S/C20H24N4O3S/c1-2-11-27-19(26)14-5-7-15(8-6-14)21-17(25)12-28-20-23-22-18(13-3-4-13)24(20)16-9-10-16/h5-8,13,16H,2-4,9-12H2,1H3,(H,21,25). The quantitative estimate of drug-likeness (QED) is 0.509. The summed E-state index contributed by atoms with van der Waals surface area (Å²) in [7, 11) is 0. The topological polar surface area (TPSA) is 86.1 Å². The van der Waals surface area contributed by atoms with Gasteiger partial charge >= 0.3 is 5.97 Å². The number of hydrogen-bond acceptors (Lipinski definition) is 6. The zero-order valence-electron chi connectivity index (χ0n) is 15.9. The molecule has 0 saturated heterocycles. The van der Waals surface area contributed by atoms with Gasteiger partial charge < -0.3 is 14.6 Å². The summed E-state index contributed by atoms with van der Waals surface area (Å²) in [5.41, 5.74) is 1.13. The van der Waals surface area contributed by atoms with Crippen molar-refractivity contribution in [3.8, 4) is 0 Å². The zero-order chi connectivity index (χ0) is 19.5. The van der Waals surface area contributed by atoms with Crippen LogP contribution >= 0.6 is 11.8 Å². The lowest BCUT2D eigenvalue weighted by Gasteiger charge is -2.09. The molecule has 0 unspecified atom stereocenters. The summed E-state index contributed by atoms with van der Waals surface area (Å²) < 4.78 is 7.34. The van der Waals surface area contributed by atoms with Gasteiger partial charge in [-0.25, -0.2) is 4.79 Å². The smallest absolute Gasteiger partial charge is 0.338 e. The highest BCUT2D eigenvalue weighted by Gasteiger charge is 2.36. The molecule has 0 bridgehead atoms. The fraction of sp³-hybridized carbons (Fsp3) is 0.500. The van der Waals surface area contributed by atoms with Crippen LogP contribution in [-0.4, -0.2) is 39.0 Å². The minimum absolute atomic E-state index is 0.107. The molecule has 7 nitrogen and oxygen atoms in total. The Bertz CT molecular complexity index is 857. The van der Waals surface area contributed by atoms with Crippen LogP contribution in [0.1, 0.15) is 67.2 Å². The van der Waals surface area contributed by atoms with E-state index in [0.29, 0.717) is 29.8 Å². The SMILES string of the molecule is CCCOC(=O)c1ccc(NC(=O)CSc2nnc(C3CC3)n2C2CC2)cc1. The number of carbonyl (C=O) groups excluding carboxylic acids is 2. The van der Waals surface area contributed by atoms with Gasteiger partial charge in [0.1, 0.15) is 5.82 Å². The van der Waals surface area contributed by atoms with Gasteiger partial charge in [-0.05, 0) is 56.4 Å². The Balaban J connectivity index is 1.31. The van der Waals surface area contributed by atoms with E-state index < -0.39 is 0 Å². The van der Waals surface area contributed by atoms with E-state index in [-0.39, 0.29) is 17.6 Å². The molecule has 8 heteroatoms. The Labute approximate surface area is 168 Å². The number of aromatic nitrogens is 3. The molecule has 2 aromatic rings. The molecule has 2 fully saturated rings. The van der Waals surface area contributed by atoms with E-state index in [9.17, 15) is 9.59 Å². The third kappa shape index (κ3) is 4.55. The summed E-state index contributed by atoms with van der Waals surface area (Å²) in [6, 6.07) is 7.25. The van der Waals surface area contributed by atoms with E-state index in [1.54, 1.807) is 24.3 Å². The number of nitrogens with one attached hydrogen (secondary N) is 1. The number of esters is 1. The Kier molecular flexibility index (Phi) is 5.66.